The van der Waals surface area contributed by atoms with E-state index in [1.807, 2.05) is 6.92 Å². The van der Waals surface area contributed by atoms with Gasteiger partial charge < -0.3 is 10.1 Å². The molecule has 10 heteroatoms. The summed E-state index contributed by atoms with van der Waals surface area (Å²) < 4.78 is 67.1. The molecule has 1 amide bonds. The molecule has 0 aliphatic heterocycles. The molecule has 0 fully saturated rings. The molecule has 0 radical (unpaired) electrons. The number of ether oxygens (including phenoxy) is 1. The number of halogens is 3. The van der Waals surface area contributed by atoms with E-state index in [2.05, 4.69) is 10.1 Å². The van der Waals surface area contributed by atoms with Crippen molar-refractivity contribution in [2.75, 3.05) is 16.7 Å². The van der Waals surface area contributed by atoms with E-state index in [4.69, 9.17) is 0 Å². The van der Waals surface area contributed by atoms with E-state index in [1.54, 1.807) is 12.1 Å². The van der Waals surface area contributed by atoms with Crippen LogP contribution in [0, 0.1) is 6.92 Å². The summed E-state index contributed by atoms with van der Waals surface area (Å²) in [7, 11) is -2.36. The Kier molecular flexibility index (Phi) is 6.45. The van der Waals surface area contributed by atoms with Gasteiger partial charge in [-0.15, -0.1) is 13.2 Å². The molecule has 0 aliphatic carbocycles. The Bertz CT molecular complexity index is 1190. The molecular formula is C22H19F3N2O4S. The first-order chi connectivity index (χ1) is 15.0. The Labute approximate surface area is 183 Å². The average molecular weight is 464 g/mol. The number of sulfonamides is 1. The molecule has 0 unspecified atom stereocenters. The van der Waals surface area contributed by atoms with Crippen LogP contribution in [0.25, 0.3) is 0 Å². The molecule has 0 bridgehead atoms. The van der Waals surface area contributed by atoms with Gasteiger partial charge in [0.15, 0.2) is 0 Å². The number of benzene rings is 3. The van der Waals surface area contributed by atoms with Gasteiger partial charge >= 0.3 is 6.36 Å². The molecule has 3 aromatic rings. The van der Waals surface area contributed by atoms with Crippen LogP contribution in [-0.4, -0.2) is 27.7 Å². The van der Waals surface area contributed by atoms with Crippen molar-refractivity contribution in [3.8, 4) is 5.75 Å². The number of aryl methyl sites for hydroxylation is 1. The maximum absolute atomic E-state index is 12.8. The number of nitrogens with zero attached hydrogens (tertiary/aromatic N) is 1. The summed E-state index contributed by atoms with van der Waals surface area (Å²) >= 11 is 0. The van der Waals surface area contributed by atoms with Crippen LogP contribution in [-0.2, 0) is 10.0 Å². The van der Waals surface area contributed by atoms with Gasteiger partial charge in [-0.2, -0.15) is 0 Å². The number of carbonyl (C=O) groups is 1. The lowest BCUT2D eigenvalue weighted by Gasteiger charge is -2.20. The lowest BCUT2D eigenvalue weighted by Crippen LogP contribution is -2.26. The Balaban J connectivity index is 1.69. The van der Waals surface area contributed by atoms with Crippen LogP contribution in [0.15, 0.2) is 77.7 Å². The van der Waals surface area contributed by atoms with E-state index in [0.717, 1.165) is 22.0 Å². The van der Waals surface area contributed by atoms with Crippen molar-refractivity contribution < 1.29 is 31.1 Å². The standard InChI is InChI=1S/C22H19F3N2O4S/c1-15-3-13-20(14-4-15)32(29,30)27(2)18-9-5-16(6-10-18)21(28)26-17-7-11-19(12-8-17)31-22(23,24)25/h3-14H,1-2H3,(H,26,28). The SMILES string of the molecule is Cc1ccc(S(=O)(=O)N(C)c2ccc(C(=O)Nc3ccc(OC(F)(F)F)cc3)cc2)cc1. The molecule has 3 rings (SSSR count). The molecule has 1 N–H and O–H groups in total. The molecule has 0 spiro atoms. The Hall–Kier alpha value is -3.53. The third kappa shape index (κ3) is 5.58. The highest BCUT2D eigenvalue weighted by Gasteiger charge is 2.31. The van der Waals surface area contributed by atoms with Crippen molar-refractivity contribution in [3.05, 3.63) is 83.9 Å². The minimum Gasteiger partial charge on any atom is -0.406 e. The van der Waals surface area contributed by atoms with Crippen LogP contribution in [0.1, 0.15) is 15.9 Å². The molecular weight excluding hydrogens is 445 g/mol. The van der Waals surface area contributed by atoms with Crippen LogP contribution in [0.3, 0.4) is 0 Å². The minimum atomic E-state index is -4.80. The van der Waals surface area contributed by atoms with Crippen LogP contribution < -0.4 is 14.4 Å². The fourth-order valence-electron chi connectivity index (χ4n) is 2.77. The number of hydrogen-bond donors (Lipinski definition) is 1. The molecule has 168 valence electrons. The Morgan fingerprint density at radius 2 is 1.47 bits per heavy atom. The number of anilines is 2. The second-order valence-electron chi connectivity index (χ2n) is 6.86. The fourth-order valence-corrected chi connectivity index (χ4v) is 3.97. The number of carbonyl (C=O) groups excluding carboxylic acids is 1. The van der Waals surface area contributed by atoms with Gasteiger partial charge in [0.25, 0.3) is 15.9 Å². The zero-order valence-corrected chi connectivity index (χ0v) is 17.9. The smallest absolute Gasteiger partial charge is 0.406 e. The van der Waals surface area contributed by atoms with Gasteiger partial charge in [0.05, 0.1) is 10.6 Å². The zero-order chi connectivity index (χ0) is 23.5. The van der Waals surface area contributed by atoms with E-state index < -0.39 is 28.0 Å². The van der Waals surface area contributed by atoms with E-state index in [-0.39, 0.29) is 16.1 Å². The van der Waals surface area contributed by atoms with Gasteiger partial charge in [-0.05, 0) is 67.6 Å². The Morgan fingerprint density at radius 1 is 0.906 bits per heavy atom. The summed E-state index contributed by atoms with van der Waals surface area (Å²) in [6, 6.07) is 17.0. The van der Waals surface area contributed by atoms with Crippen molar-refractivity contribution in [3.63, 3.8) is 0 Å². The predicted octanol–water partition coefficient (Wildman–Crippen LogP) is 4.97. The van der Waals surface area contributed by atoms with E-state index in [1.165, 1.54) is 55.6 Å². The normalized spacial score (nSPS) is 11.7. The Morgan fingerprint density at radius 3 is 2.00 bits per heavy atom. The highest BCUT2D eigenvalue weighted by atomic mass is 32.2. The number of rotatable bonds is 6. The first-order valence-corrected chi connectivity index (χ1v) is 10.7. The second kappa shape index (κ2) is 8.91. The number of nitrogens with one attached hydrogen (secondary N) is 1. The van der Waals surface area contributed by atoms with Crippen molar-refractivity contribution in [1.29, 1.82) is 0 Å². The lowest BCUT2D eigenvalue weighted by atomic mass is 10.2. The maximum atomic E-state index is 12.8. The van der Waals surface area contributed by atoms with Gasteiger partial charge in [0, 0.05) is 18.3 Å². The topological polar surface area (TPSA) is 75.7 Å². The number of hydrogen-bond acceptors (Lipinski definition) is 4. The molecule has 3 aromatic carbocycles. The largest absolute Gasteiger partial charge is 0.573 e. The summed E-state index contributed by atoms with van der Waals surface area (Å²) in [5.74, 6) is -0.914. The maximum Gasteiger partial charge on any atom is 0.573 e. The van der Waals surface area contributed by atoms with Crippen molar-refractivity contribution in [1.82, 2.24) is 0 Å². The molecule has 0 saturated heterocycles. The third-order valence-electron chi connectivity index (χ3n) is 4.52. The van der Waals surface area contributed by atoms with Gasteiger partial charge in [0.2, 0.25) is 0 Å². The third-order valence-corrected chi connectivity index (χ3v) is 6.32. The van der Waals surface area contributed by atoms with E-state index in [0.29, 0.717) is 5.69 Å². The quantitative estimate of drug-likeness (QED) is 0.559. The van der Waals surface area contributed by atoms with Gasteiger partial charge in [-0.3, -0.25) is 9.10 Å². The number of amides is 1. The first-order valence-electron chi connectivity index (χ1n) is 9.28. The molecule has 0 atom stereocenters. The van der Waals surface area contributed by atoms with Crippen molar-refractivity contribution in [2.45, 2.75) is 18.2 Å². The molecule has 32 heavy (non-hydrogen) atoms. The fraction of sp³-hybridized carbons (Fsp3) is 0.136. The summed E-state index contributed by atoms with van der Waals surface area (Å²) in [5.41, 5.74) is 1.80. The van der Waals surface area contributed by atoms with Gasteiger partial charge in [-0.1, -0.05) is 17.7 Å². The summed E-state index contributed by atoms with van der Waals surface area (Å²) in [5, 5.41) is 2.55. The molecule has 0 aliphatic rings. The average Bonchev–Trinajstić information content (AvgIpc) is 2.74. The van der Waals surface area contributed by atoms with Crippen LogP contribution in [0.2, 0.25) is 0 Å². The van der Waals surface area contributed by atoms with Crippen molar-refractivity contribution in [2.24, 2.45) is 0 Å². The van der Waals surface area contributed by atoms with Crippen LogP contribution >= 0.6 is 0 Å². The predicted molar refractivity (Wildman–Crippen MR) is 114 cm³/mol. The monoisotopic (exact) mass is 464 g/mol. The van der Waals surface area contributed by atoms with E-state index >= 15 is 0 Å². The summed E-state index contributed by atoms with van der Waals surface area (Å²) in [4.78, 5) is 12.5. The highest BCUT2D eigenvalue weighted by molar-refractivity contribution is 7.92. The first kappa shape index (κ1) is 23.1. The lowest BCUT2D eigenvalue weighted by molar-refractivity contribution is -0.274. The van der Waals surface area contributed by atoms with E-state index in [9.17, 15) is 26.4 Å². The molecule has 0 heterocycles. The van der Waals surface area contributed by atoms with Gasteiger partial charge in [0.1, 0.15) is 5.75 Å². The minimum absolute atomic E-state index is 0.144. The number of alkyl halides is 3. The molecule has 6 nitrogen and oxygen atoms in total. The summed E-state index contributed by atoms with van der Waals surface area (Å²) in [6.07, 6.45) is -4.80. The van der Waals surface area contributed by atoms with Crippen molar-refractivity contribution >= 4 is 27.3 Å². The van der Waals surface area contributed by atoms with Crippen LogP contribution in [0.5, 0.6) is 5.75 Å². The van der Waals surface area contributed by atoms with Crippen LogP contribution in [0.4, 0.5) is 24.5 Å². The molecule has 0 aromatic heterocycles. The summed E-state index contributed by atoms with van der Waals surface area (Å²) in [6.45, 7) is 1.86. The second-order valence-corrected chi connectivity index (χ2v) is 8.83. The van der Waals surface area contributed by atoms with Gasteiger partial charge in [-0.25, -0.2) is 8.42 Å². The zero-order valence-electron chi connectivity index (χ0n) is 17.1. The highest BCUT2D eigenvalue weighted by Crippen LogP contribution is 2.25. The molecule has 0 saturated carbocycles.